The third-order valence-electron chi connectivity index (χ3n) is 6.06. The molecule has 0 aliphatic carbocycles. The van der Waals surface area contributed by atoms with Crippen LogP contribution < -0.4 is 21.9 Å². The number of carbonyl (C=O) groups is 3. The lowest BCUT2D eigenvalue weighted by Gasteiger charge is -2.14. The van der Waals surface area contributed by atoms with Gasteiger partial charge in [-0.05, 0) is 56.2 Å². The molecule has 0 fully saturated rings. The number of furan rings is 1. The molecule has 2 N–H and O–H groups in total. The first-order chi connectivity index (χ1) is 18.3. The Kier molecular flexibility index (Phi) is 8.32. The Morgan fingerprint density at radius 3 is 2.47 bits per heavy atom. The Balaban J connectivity index is 1.46. The minimum Gasteiger partial charge on any atom is -0.467 e. The molecule has 10 heteroatoms. The van der Waals surface area contributed by atoms with Gasteiger partial charge in [-0.3, -0.25) is 28.3 Å². The fraction of sp³-hybridized carbons (Fsp3) is 0.250. The highest BCUT2D eigenvalue weighted by Crippen LogP contribution is 2.13. The van der Waals surface area contributed by atoms with Crippen LogP contribution >= 0.6 is 0 Å². The molecule has 2 amide bonds. The molecular weight excluding hydrogens is 488 g/mol. The Morgan fingerprint density at radius 2 is 1.71 bits per heavy atom. The SMILES string of the molecule is CC(=O)c1cccc(NC(=O)Cn2c(=O)n(CCCCC(=O)NCc3ccco3)c(=O)c3ccccc32)c1. The highest BCUT2D eigenvalue weighted by Gasteiger charge is 2.16. The van der Waals surface area contributed by atoms with Gasteiger partial charge in [0.25, 0.3) is 5.56 Å². The fourth-order valence-corrected chi connectivity index (χ4v) is 4.12. The Morgan fingerprint density at radius 1 is 0.895 bits per heavy atom. The summed E-state index contributed by atoms with van der Waals surface area (Å²) in [5.74, 6) is -0.117. The number of ketones is 1. The molecule has 38 heavy (non-hydrogen) atoms. The number of aromatic nitrogens is 2. The molecule has 2 heterocycles. The predicted octanol–water partition coefficient (Wildman–Crippen LogP) is 3.08. The maximum absolute atomic E-state index is 13.3. The Bertz CT molecular complexity index is 1580. The lowest BCUT2D eigenvalue weighted by molar-refractivity contribution is -0.121. The van der Waals surface area contributed by atoms with Crippen molar-refractivity contribution < 1.29 is 18.8 Å². The van der Waals surface area contributed by atoms with E-state index in [2.05, 4.69) is 10.6 Å². The van der Waals surface area contributed by atoms with Crippen molar-refractivity contribution in [2.75, 3.05) is 5.32 Å². The van der Waals surface area contributed by atoms with Crippen LogP contribution in [0.4, 0.5) is 5.69 Å². The topological polar surface area (TPSA) is 132 Å². The van der Waals surface area contributed by atoms with Crippen molar-refractivity contribution in [3.05, 3.63) is 99.1 Å². The van der Waals surface area contributed by atoms with Crippen molar-refractivity contribution in [3.8, 4) is 0 Å². The second-order valence-corrected chi connectivity index (χ2v) is 8.84. The molecule has 2 aromatic heterocycles. The maximum Gasteiger partial charge on any atom is 0.331 e. The van der Waals surface area contributed by atoms with Crippen molar-refractivity contribution in [3.63, 3.8) is 0 Å². The van der Waals surface area contributed by atoms with Gasteiger partial charge in [0.2, 0.25) is 11.8 Å². The van der Waals surface area contributed by atoms with Gasteiger partial charge in [0.15, 0.2) is 5.78 Å². The molecule has 0 saturated heterocycles. The van der Waals surface area contributed by atoms with Gasteiger partial charge in [0, 0.05) is 24.2 Å². The smallest absolute Gasteiger partial charge is 0.331 e. The Labute approximate surface area is 217 Å². The second kappa shape index (κ2) is 12.0. The highest BCUT2D eigenvalue weighted by molar-refractivity contribution is 5.97. The van der Waals surface area contributed by atoms with Crippen molar-refractivity contribution in [2.24, 2.45) is 0 Å². The number of nitrogens with one attached hydrogen (secondary N) is 2. The predicted molar refractivity (Wildman–Crippen MR) is 142 cm³/mol. The van der Waals surface area contributed by atoms with E-state index in [1.807, 2.05) is 0 Å². The van der Waals surface area contributed by atoms with Crippen molar-refractivity contribution in [1.29, 1.82) is 0 Å². The number of rotatable bonds is 11. The van der Waals surface area contributed by atoms with E-state index in [0.29, 0.717) is 47.3 Å². The summed E-state index contributed by atoms with van der Waals surface area (Å²) < 4.78 is 7.55. The number of hydrogen-bond acceptors (Lipinski definition) is 6. The zero-order chi connectivity index (χ0) is 27.1. The van der Waals surface area contributed by atoms with Crippen LogP contribution in [0.3, 0.4) is 0 Å². The lowest BCUT2D eigenvalue weighted by atomic mass is 10.1. The van der Waals surface area contributed by atoms with E-state index in [-0.39, 0.29) is 31.2 Å². The summed E-state index contributed by atoms with van der Waals surface area (Å²) >= 11 is 0. The third-order valence-corrected chi connectivity index (χ3v) is 6.06. The van der Waals surface area contributed by atoms with Crippen LogP contribution in [0, 0.1) is 0 Å². The first-order valence-electron chi connectivity index (χ1n) is 12.3. The number of Topliss-reactive ketones (excluding diaryl/α,β-unsaturated/α-hetero) is 1. The van der Waals surface area contributed by atoms with E-state index in [9.17, 15) is 24.0 Å². The van der Waals surface area contributed by atoms with Crippen LogP contribution in [0.2, 0.25) is 0 Å². The molecule has 0 aliphatic rings. The molecule has 0 aliphatic heterocycles. The molecule has 4 aromatic rings. The number of hydrogen-bond donors (Lipinski definition) is 2. The standard InChI is InChI=1S/C28H28N4O6/c1-19(33)20-8-6-9-21(16-20)30-26(35)18-32-24-12-3-2-11-23(24)27(36)31(28(32)37)14-5-4-13-25(34)29-17-22-10-7-15-38-22/h2-3,6-12,15-16H,4-5,13-14,17-18H2,1H3,(H,29,34)(H,30,35). The summed E-state index contributed by atoms with van der Waals surface area (Å²) in [5, 5.41) is 5.78. The zero-order valence-electron chi connectivity index (χ0n) is 20.9. The van der Waals surface area contributed by atoms with Crippen LogP contribution in [0.5, 0.6) is 0 Å². The Hall–Kier alpha value is -4.73. The van der Waals surface area contributed by atoms with E-state index in [0.717, 1.165) is 4.57 Å². The van der Waals surface area contributed by atoms with Gasteiger partial charge in [-0.2, -0.15) is 0 Å². The van der Waals surface area contributed by atoms with Crippen LogP contribution in [0.25, 0.3) is 10.9 Å². The molecular formula is C28H28N4O6. The van der Waals surface area contributed by atoms with Crippen LogP contribution in [-0.4, -0.2) is 26.7 Å². The average Bonchev–Trinajstić information content (AvgIpc) is 3.43. The van der Waals surface area contributed by atoms with Gasteiger partial charge in [0.1, 0.15) is 12.3 Å². The first kappa shape index (κ1) is 26.3. The lowest BCUT2D eigenvalue weighted by Crippen LogP contribution is -2.41. The van der Waals surface area contributed by atoms with E-state index in [1.54, 1.807) is 60.7 Å². The summed E-state index contributed by atoms with van der Waals surface area (Å²) in [5.41, 5.74) is 0.179. The summed E-state index contributed by atoms with van der Waals surface area (Å²) in [6.07, 6.45) is 2.66. The van der Waals surface area contributed by atoms with E-state index < -0.39 is 17.2 Å². The molecule has 0 bridgehead atoms. The third kappa shape index (κ3) is 6.33. The second-order valence-electron chi connectivity index (χ2n) is 8.84. The maximum atomic E-state index is 13.3. The summed E-state index contributed by atoms with van der Waals surface area (Å²) in [4.78, 5) is 63.0. The molecule has 0 spiro atoms. The molecule has 10 nitrogen and oxygen atoms in total. The van der Waals surface area contributed by atoms with Crippen LogP contribution in [-0.2, 0) is 29.2 Å². The van der Waals surface area contributed by atoms with Gasteiger partial charge in [-0.15, -0.1) is 0 Å². The molecule has 0 unspecified atom stereocenters. The van der Waals surface area contributed by atoms with Crippen LogP contribution in [0.15, 0.2) is 80.9 Å². The average molecular weight is 517 g/mol. The van der Waals surface area contributed by atoms with Gasteiger partial charge < -0.3 is 15.1 Å². The molecule has 0 radical (unpaired) electrons. The van der Waals surface area contributed by atoms with Gasteiger partial charge >= 0.3 is 5.69 Å². The van der Waals surface area contributed by atoms with Crippen molar-refractivity contribution >= 4 is 34.2 Å². The number of unbranched alkanes of at least 4 members (excludes halogenated alkanes) is 1. The molecule has 0 atom stereocenters. The van der Waals surface area contributed by atoms with Crippen LogP contribution in [0.1, 0.15) is 42.3 Å². The van der Waals surface area contributed by atoms with Gasteiger partial charge in [0.05, 0.1) is 23.7 Å². The molecule has 4 rings (SSSR count). The fourth-order valence-electron chi connectivity index (χ4n) is 4.12. The number of fused-ring (bicyclic) bond motifs is 1. The number of carbonyl (C=O) groups excluding carboxylic acids is 3. The number of anilines is 1. The molecule has 0 saturated carbocycles. The minimum absolute atomic E-state index is 0.107. The minimum atomic E-state index is -0.608. The summed E-state index contributed by atoms with van der Waals surface area (Å²) in [7, 11) is 0. The van der Waals surface area contributed by atoms with Crippen molar-refractivity contribution in [2.45, 2.75) is 45.8 Å². The monoisotopic (exact) mass is 516 g/mol. The molecule has 2 aromatic carbocycles. The van der Waals surface area contributed by atoms with E-state index in [1.165, 1.54) is 17.8 Å². The highest BCUT2D eigenvalue weighted by atomic mass is 16.3. The number of nitrogens with zero attached hydrogens (tertiary/aromatic N) is 2. The van der Waals surface area contributed by atoms with Crippen molar-refractivity contribution in [1.82, 2.24) is 14.5 Å². The van der Waals surface area contributed by atoms with Gasteiger partial charge in [-0.25, -0.2) is 4.79 Å². The number of amides is 2. The summed E-state index contributed by atoms with van der Waals surface area (Å²) in [6, 6.07) is 16.6. The van der Waals surface area contributed by atoms with Gasteiger partial charge in [-0.1, -0.05) is 24.3 Å². The largest absolute Gasteiger partial charge is 0.467 e. The zero-order valence-corrected chi connectivity index (χ0v) is 20.9. The number of benzene rings is 2. The summed E-state index contributed by atoms with van der Waals surface area (Å²) in [6.45, 7) is 1.51. The normalized spacial score (nSPS) is 10.9. The number of para-hydroxylation sites is 1. The molecule has 196 valence electrons. The quantitative estimate of drug-likeness (QED) is 0.233. The van der Waals surface area contributed by atoms with E-state index in [4.69, 9.17) is 4.42 Å². The first-order valence-corrected chi connectivity index (χ1v) is 12.3. The van der Waals surface area contributed by atoms with E-state index >= 15 is 0 Å².